The molecule has 2 rings (SSSR count). The molecule has 1 amide bonds. The zero-order valence-electron chi connectivity index (χ0n) is 8.94. The first kappa shape index (κ1) is 10.6. The van der Waals surface area contributed by atoms with E-state index >= 15 is 0 Å². The van der Waals surface area contributed by atoms with E-state index in [0.29, 0.717) is 18.7 Å². The van der Waals surface area contributed by atoms with Crippen LogP contribution in [0, 0.1) is 16.7 Å². The van der Waals surface area contributed by atoms with E-state index in [1.165, 1.54) is 0 Å². The Morgan fingerprint density at radius 2 is 2.19 bits per heavy atom. The molecular formula is C12H13N3O. The minimum Gasteiger partial charge on any atom is -0.309 e. The van der Waals surface area contributed by atoms with Crippen LogP contribution in [-0.4, -0.2) is 10.9 Å². The van der Waals surface area contributed by atoms with Crippen LogP contribution in [0.15, 0.2) is 24.4 Å². The minimum absolute atomic E-state index is 0.216. The van der Waals surface area contributed by atoms with E-state index in [-0.39, 0.29) is 5.91 Å². The molecule has 4 heteroatoms. The standard InChI is InChI=1S/C12H13N3O/c13-9-12(6-2-3-7-12)11(16)15-10-5-1-4-8-14-10/h1,4-5,8H,2-3,6-7H2,(H,14,15,16). The molecule has 0 aliphatic heterocycles. The van der Waals surface area contributed by atoms with Crippen LogP contribution >= 0.6 is 0 Å². The van der Waals surface area contributed by atoms with Gasteiger partial charge in [0.25, 0.3) is 0 Å². The van der Waals surface area contributed by atoms with E-state index in [1.54, 1.807) is 24.4 Å². The lowest BCUT2D eigenvalue weighted by molar-refractivity contribution is -0.122. The van der Waals surface area contributed by atoms with Crippen molar-refractivity contribution < 1.29 is 4.79 Å². The second-order valence-electron chi connectivity index (χ2n) is 4.07. The Labute approximate surface area is 94.3 Å². The summed E-state index contributed by atoms with van der Waals surface area (Å²) in [5, 5.41) is 11.8. The number of rotatable bonds is 2. The lowest BCUT2D eigenvalue weighted by Crippen LogP contribution is -2.32. The average Bonchev–Trinajstić information content (AvgIpc) is 2.80. The van der Waals surface area contributed by atoms with Crippen molar-refractivity contribution in [3.63, 3.8) is 0 Å². The number of pyridine rings is 1. The molecule has 0 aromatic carbocycles. The van der Waals surface area contributed by atoms with Crippen molar-refractivity contribution in [2.75, 3.05) is 5.32 Å². The Kier molecular flexibility index (Phi) is 2.86. The van der Waals surface area contributed by atoms with Gasteiger partial charge in [-0.25, -0.2) is 4.98 Å². The molecule has 1 aliphatic rings. The van der Waals surface area contributed by atoms with Crippen molar-refractivity contribution in [1.82, 2.24) is 4.98 Å². The number of hydrogen-bond acceptors (Lipinski definition) is 3. The SMILES string of the molecule is N#CC1(C(=O)Nc2ccccn2)CCCC1. The molecule has 1 fully saturated rings. The summed E-state index contributed by atoms with van der Waals surface area (Å²) in [5.41, 5.74) is -0.836. The molecule has 82 valence electrons. The minimum atomic E-state index is -0.836. The van der Waals surface area contributed by atoms with Gasteiger partial charge in [-0.3, -0.25) is 4.79 Å². The van der Waals surface area contributed by atoms with Gasteiger partial charge in [0.15, 0.2) is 0 Å². The van der Waals surface area contributed by atoms with Crippen molar-refractivity contribution in [3.05, 3.63) is 24.4 Å². The van der Waals surface area contributed by atoms with Crippen LogP contribution in [0.4, 0.5) is 5.82 Å². The fraction of sp³-hybridized carbons (Fsp3) is 0.417. The van der Waals surface area contributed by atoms with Gasteiger partial charge >= 0.3 is 0 Å². The van der Waals surface area contributed by atoms with Crippen LogP contribution in [0.2, 0.25) is 0 Å². The van der Waals surface area contributed by atoms with E-state index in [4.69, 9.17) is 5.26 Å². The van der Waals surface area contributed by atoms with Gasteiger partial charge in [-0.05, 0) is 25.0 Å². The van der Waals surface area contributed by atoms with E-state index in [2.05, 4.69) is 16.4 Å². The van der Waals surface area contributed by atoms with Crippen LogP contribution in [0.1, 0.15) is 25.7 Å². The highest BCUT2D eigenvalue weighted by molar-refractivity contribution is 5.96. The summed E-state index contributed by atoms with van der Waals surface area (Å²) in [6, 6.07) is 7.46. The third kappa shape index (κ3) is 1.89. The molecule has 1 saturated carbocycles. The molecule has 0 unspecified atom stereocenters. The summed E-state index contributed by atoms with van der Waals surface area (Å²) in [6.45, 7) is 0. The molecule has 1 N–H and O–H groups in total. The van der Waals surface area contributed by atoms with Gasteiger partial charge in [-0.15, -0.1) is 0 Å². The fourth-order valence-electron chi connectivity index (χ4n) is 2.04. The normalized spacial score (nSPS) is 17.7. The van der Waals surface area contributed by atoms with Crippen LogP contribution in [0.3, 0.4) is 0 Å². The topological polar surface area (TPSA) is 65.8 Å². The second kappa shape index (κ2) is 4.31. The van der Waals surface area contributed by atoms with E-state index in [9.17, 15) is 4.79 Å². The molecule has 0 saturated heterocycles. The summed E-state index contributed by atoms with van der Waals surface area (Å²) < 4.78 is 0. The molecule has 1 aliphatic carbocycles. The van der Waals surface area contributed by atoms with Gasteiger partial charge in [0.1, 0.15) is 11.2 Å². The van der Waals surface area contributed by atoms with Crippen LogP contribution in [-0.2, 0) is 4.79 Å². The zero-order chi connectivity index (χ0) is 11.4. The van der Waals surface area contributed by atoms with Crippen molar-refractivity contribution in [2.24, 2.45) is 5.41 Å². The quantitative estimate of drug-likeness (QED) is 0.821. The van der Waals surface area contributed by atoms with Crippen LogP contribution in [0.5, 0.6) is 0 Å². The largest absolute Gasteiger partial charge is 0.309 e. The number of amides is 1. The highest BCUT2D eigenvalue weighted by Gasteiger charge is 2.41. The molecule has 1 aromatic heterocycles. The van der Waals surface area contributed by atoms with E-state index in [0.717, 1.165) is 12.8 Å². The lowest BCUT2D eigenvalue weighted by Gasteiger charge is -2.18. The number of carbonyl (C=O) groups is 1. The molecule has 0 atom stereocenters. The van der Waals surface area contributed by atoms with Gasteiger partial charge in [-0.2, -0.15) is 5.26 Å². The Bertz CT molecular complexity index is 416. The Morgan fingerprint density at radius 3 is 2.75 bits per heavy atom. The first-order chi connectivity index (χ1) is 7.77. The second-order valence-corrected chi connectivity index (χ2v) is 4.07. The van der Waals surface area contributed by atoms with Crippen LogP contribution < -0.4 is 5.32 Å². The Hall–Kier alpha value is -1.89. The summed E-state index contributed by atoms with van der Waals surface area (Å²) in [5.74, 6) is 0.292. The highest BCUT2D eigenvalue weighted by Crippen LogP contribution is 2.38. The van der Waals surface area contributed by atoms with E-state index < -0.39 is 5.41 Å². The molecule has 1 aromatic rings. The maximum absolute atomic E-state index is 12.0. The van der Waals surface area contributed by atoms with Gasteiger partial charge in [0.05, 0.1) is 6.07 Å². The average molecular weight is 215 g/mol. The number of nitrogens with zero attached hydrogens (tertiary/aromatic N) is 2. The summed E-state index contributed by atoms with van der Waals surface area (Å²) in [4.78, 5) is 16.0. The van der Waals surface area contributed by atoms with Crippen molar-refractivity contribution in [3.8, 4) is 6.07 Å². The first-order valence-corrected chi connectivity index (χ1v) is 5.41. The zero-order valence-corrected chi connectivity index (χ0v) is 8.94. The number of anilines is 1. The first-order valence-electron chi connectivity index (χ1n) is 5.41. The predicted molar refractivity (Wildman–Crippen MR) is 59.4 cm³/mol. The maximum Gasteiger partial charge on any atom is 0.246 e. The highest BCUT2D eigenvalue weighted by atomic mass is 16.2. The monoisotopic (exact) mass is 215 g/mol. The third-order valence-electron chi connectivity index (χ3n) is 3.01. The molecule has 0 bridgehead atoms. The molecule has 16 heavy (non-hydrogen) atoms. The summed E-state index contributed by atoms with van der Waals surface area (Å²) >= 11 is 0. The van der Waals surface area contributed by atoms with Crippen molar-refractivity contribution in [1.29, 1.82) is 5.26 Å². The summed E-state index contributed by atoms with van der Waals surface area (Å²) in [7, 11) is 0. The van der Waals surface area contributed by atoms with Gasteiger partial charge in [0, 0.05) is 6.20 Å². The van der Waals surface area contributed by atoms with Crippen molar-refractivity contribution >= 4 is 11.7 Å². The third-order valence-corrected chi connectivity index (χ3v) is 3.01. The molecular weight excluding hydrogens is 202 g/mol. The summed E-state index contributed by atoms with van der Waals surface area (Å²) in [6.07, 6.45) is 4.82. The smallest absolute Gasteiger partial charge is 0.246 e. The van der Waals surface area contributed by atoms with Gasteiger partial charge in [0.2, 0.25) is 5.91 Å². The van der Waals surface area contributed by atoms with Crippen molar-refractivity contribution in [2.45, 2.75) is 25.7 Å². The number of aromatic nitrogens is 1. The molecule has 1 heterocycles. The van der Waals surface area contributed by atoms with E-state index in [1.807, 2.05) is 0 Å². The lowest BCUT2D eigenvalue weighted by atomic mass is 9.87. The number of nitrogens with one attached hydrogen (secondary N) is 1. The van der Waals surface area contributed by atoms with Gasteiger partial charge in [-0.1, -0.05) is 18.9 Å². The maximum atomic E-state index is 12.0. The number of carbonyl (C=O) groups excluding carboxylic acids is 1. The fourth-order valence-corrected chi connectivity index (χ4v) is 2.04. The Morgan fingerprint density at radius 1 is 1.44 bits per heavy atom. The van der Waals surface area contributed by atoms with Crippen LogP contribution in [0.25, 0.3) is 0 Å². The molecule has 4 nitrogen and oxygen atoms in total. The molecule has 0 spiro atoms. The number of nitriles is 1. The van der Waals surface area contributed by atoms with Gasteiger partial charge < -0.3 is 5.32 Å². The Balaban J connectivity index is 2.11. The predicted octanol–water partition coefficient (Wildman–Crippen LogP) is 2.10. The number of hydrogen-bond donors (Lipinski definition) is 1. The molecule has 0 radical (unpaired) electrons.